The average molecular weight is 256 g/mol. The van der Waals surface area contributed by atoms with Gasteiger partial charge >= 0.3 is 5.97 Å². The minimum Gasteiger partial charge on any atom is -0.465 e. The Labute approximate surface area is 104 Å². The summed E-state index contributed by atoms with van der Waals surface area (Å²) in [6, 6.07) is 1.34. The normalized spacial score (nSPS) is 12.1. The molecule has 0 radical (unpaired) electrons. The number of ether oxygens (including phenoxy) is 1. The first kappa shape index (κ1) is 13.8. The molecule has 0 saturated carbocycles. The molecule has 1 rings (SSSR count). The van der Waals surface area contributed by atoms with E-state index in [4.69, 9.17) is 4.74 Å². The van der Waals surface area contributed by atoms with Crippen LogP contribution in [0.3, 0.4) is 0 Å². The summed E-state index contributed by atoms with van der Waals surface area (Å²) in [5.74, 6) is -0.258. The smallest absolute Gasteiger partial charge is 0.319 e. The number of nitrogens with zero attached hydrogens (tertiary/aromatic N) is 1. The van der Waals surface area contributed by atoms with Gasteiger partial charge in [0.1, 0.15) is 5.25 Å². The molecule has 0 bridgehead atoms. The Kier molecular flexibility index (Phi) is 5.76. The van der Waals surface area contributed by atoms with E-state index >= 15 is 0 Å². The molecule has 1 unspecified atom stereocenters. The molecular formula is C11H16N2O3S. The Morgan fingerprint density at radius 2 is 2.35 bits per heavy atom. The predicted molar refractivity (Wildman–Crippen MR) is 66.0 cm³/mol. The topological polar surface area (TPSA) is 72.0 Å². The number of hydrogen-bond acceptors (Lipinski definition) is 5. The fraction of sp³-hybridized carbons (Fsp3) is 0.545. The molecule has 0 aromatic carbocycles. The molecule has 0 aliphatic carbocycles. The number of hydrogen-bond donors (Lipinski definition) is 1. The molecule has 0 aliphatic rings. The Balaban J connectivity index is 2.72. The highest BCUT2D eigenvalue weighted by molar-refractivity contribution is 8.00. The summed E-state index contributed by atoms with van der Waals surface area (Å²) < 4.78 is 4.98. The lowest BCUT2D eigenvalue weighted by Crippen LogP contribution is -2.21. The van der Waals surface area contributed by atoms with Gasteiger partial charge < -0.3 is 9.72 Å². The minimum atomic E-state index is -0.314. The van der Waals surface area contributed by atoms with E-state index in [0.717, 1.165) is 6.42 Å². The number of esters is 1. The molecule has 1 N–H and O–H groups in total. The molecule has 94 valence electrons. The summed E-state index contributed by atoms with van der Waals surface area (Å²) in [6.45, 7) is 4.13. The maximum atomic E-state index is 11.7. The third-order valence-corrected chi connectivity index (χ3v) is 3.15. The van der Waals surface area contributed by atoms with Crippen molar-refractivity contribution in [3.8, 4) is 0 Å². The first-order valence-corrected chi connectivity index (χ1v) is 6.44. The van der Waals surface area contributed by atoms with Crippen molar-refractivity contribution in [3.05, 3.63) is 22.6 Å². The Morgan fingerprint density at radius 3 is 2.94 bits per heavy atom. The van der Waals surface area contributed by atoms with Crippen LogP contribution in [0.4, 0.5) is 0 Å². The van der Waals surface area contributed by atoms with Crippen LogP contribution in [-0.4, -0.2) is 27.8 Å². The highest BCUT2D eigenvalue weighted by atomic mass is 32.2. The van der Waals surface area contributed by atoms with Gasteiger partial charge in [0.15, 0.2) is 5.16 Å². The molecule has 1 aromatic heterocycles. The molecule has 6 heteroatoms. The third-order valence-electron chi connectivity index (χ3n) is 2.00. The van der Waals surface area contributed by atoms with Gasteiger partial charge in [0.25, 0.3) is 5.56 Å². The SMILES string of the molecule is CCCC(Sc1nccc(=O)[nH]1)C(=O)OCC. The lowest BCUT2D eigenvalue weighted by molar-refractivity contribution is -0.142. The zero-order valence-corrected chi connectivity index (χ0v) is 10.8. The second-order valence-electron chi connectivity index (χ2n) is 3.39. The Morgan fingerprint density at radius 1 is 1.59 bits per heavy atom. The van der Waals surface area contributed by atoms with Gasteiger partial charge in [0.05, 0.1) is 6.61 Å². The molecule has 0 aliphatic heterocycles. The second kappa shape index (κ2) is 7.11. The van der Waals surface area contributed by atoms with E-state index < -0.39 is 0 Å². The van der Waals surface area contributed by atoms with Gasteiger partial charge in [-0.25, -0.2) is 4.98 Å². The van der Waals surface area contributed by atoms with Crippen molar-refractivity contribution in [1.29, 1.82) is 0 Å². The van der Waals surface area contributed by atoms with E-state index in [1.54, 1.807) is 6.92 Å². The number of aromatic nitrogens is 2. The van der Waals surface area contributed by atoms with Gasteiger partial charge in [-0.1, -0.05) is 25.1 Å². The van der Waals surface area contributed by atoms with Gasteiger partial charge in [0, 0.05) is 12.3 Å². The van der Waals surface area contributed by atoms with Crippen LogP contribution in [0.1, 0.15) is 26.7 Å². The molecule has 1 atom stereocenters. The van der Waals surface area contributed by atoms with E-state index in [0.29, 0.717) is 18.2 Å². The first-order valence-electron chi connectivity index (χ1n) is 5.56. The Hall–Kier alpha value is -1.30. The molecule has 1 heterocycles. The number of nitrogens with one attached hydrogen (secondary N) is 1. The molecule has 0 spiro atoms. The monoisotopic (exact) mass is 256 g/mol. The summed E-state index contributed by atoms with van der Waals surface area (Å²) >= 11 is 1.23. The summed E-state index contributed by atoms with van der Waals surface area (Å²) in [5, 5.41) is 0.134. The van der Waals surface area contributed by atoms with E-state index in [1.165, 1.54) is 24.0 Å². The number of H-pyrrole nitrogens is 1. The predicted octanol–water partition coefficient (Wildman–Crippen LogP) is 1.59. The van der Waals surface area contributed by atoms with Crippen molar-refractivity contribution in [2.24, 2.45) is 0 Å². The molecule has 17 heavy (non-hydrogen) atoms. The summed E-state index contributed by atoms with van der Waals surface area (Å²) in [6.07, 6.45) is 2.99. The van der Waals surface area contributed by atoms with Crippen LogP contribution in [0.15, 0.2) is 22.2 Å². The number of rotatable bonds is 6. The molecular weight excluding hydrogens is 240 g/mol. The minimum absolute atomic E-state index is 0.221. The fourth-order valence-electron chi connectivity index (χ4n) is 1.27. The third kappa shape index (κ3) is 4.60. The van der Waals surface area contributed by atoms with E-state index in [1.807, 2.05) is 6.92 Å². The van der Waals surface area contributed by atoms with Crippen molar-refractivity contribution < 1.29 is 9.53 Å². The maximum absolute atomic E-state index is 11.7. The van der Waals surface area contributed by atoms with Crippen LogP contribution in [0, 0.1) is 0 Å². The lowest BCUT2D eigenvalue weighted by atomic mass is 10.2. The van der Waals surface area contributed by atoms with Gasteiger partial charge in [-0.3, -0.25) is 9.59 Å². The number of thioether (sulfide) groups is 1. The number of carbonyl (C=O) groups is 1. The van der Waals surface area contributed by atoms with Crippen molar-refractivity contribution >= 4 is 17.7 Å². The van der Waals surface area contributed by atoms with E-state index in [9.17, 15) is 9.59 Å². The standard InChI is InChI=1S/C11H16N2O3S/c1-3-5-8(10(15)16-4-2)17-11-12-7-6-9(14)13-11/h6-8H,3-5H2,1-2H3,(H,12,13,14). The summed E-state index contributed by atoms with van der Waals surface area (Å²) in [5.41, 5.74) is -0.221. The van der Waals surface area contributed by atoms with Crippen molar-refractivity contribution in [3.63, 3.8) is 0 Å². The van der Waals surface area contributed by atoms with Crippen LogP contribution in [0.25, 0.3) is 0 Å². The quantitative estimate of drug-likeness (QED) is 0.475. The molecule has 0 fully saturated rings. The van der Waals surface area contributed by atoms with E-state index in [2.05, 4.69) is 9.97 Å². The number of carbonyl (C=O) groups excluding carboxylic acids is 1. The van der Waals surface area contributed by atoms with Crippen LogP contribution < -0.4 is 5.56 Å². The molecule has 0 saturated heterocycles. The Bertz CT molecular complexity index is 419. The first-order chi connectivity index (χ1) is 8.17. The molecule has 5 nitrogen and oxygen atoms in total. The van der Waals surface area contributed by atoms with Crippen molar-refractivity contribution in [2.45, 2.75) is 37.1 Å². The molecule has 1 aromatic rings. The van der Waals surface area contributed by atoms with Crippen LogP contribution >= 0.6 is 11.8 Å². The summed E-state index contributed by atoms with van der Waals surface area (Å²) in [7, 11) is 0. The van der Waals surface area contributed by atoms with Gasteiger partial charge in [-0.15, -0.1) is 0 Å². The highest BCUT2D eigenvalue weighted by Crippen LogP contribution is 2.23. The maximum Gasteiger partial charge on any atom is 0.319 e. The van der Waals surface area contributed by atoms with Crippen molar-refractivity contribution in [2.75, 3.05) is 6.61 Å². The van der Waals surface area contributed by atoms with Gasteiger partial charge in [-0.05, 0) is 13.3 Å². The fourth-order valence-corrected chi connectivity index (χ4v) is 2.34. The lowest BCUT2D eigenvalue weighted by Gasteiger charge is -2.13. The van der Waals surface area contributed by atoms with Gasteiger partial charge in [-0.2, -0.15) is 0 Å². The number of aromatic amines is 1. The van der Waals surface area contributed by atoms with Crippen LogP contribution in [0.2, 0.25) is 0 Å². The zero-order valence-electron chi connectivity index (χ0n) is 9.93. The highest BCUT2D eigenvalue weighted by Gasteiger charge is 2.21. The second-order valence-corrected chi connectivity index (χ2v) is 4.58. The van der Waals surface area contributed by atoms with Crippen LogP contribution in [-0.2, 0) is 9.53 Å². The van der Waals surface area contributed by atoms with Crippen LogP contribution in [0.5, 0.6) is 0 Å². The van der Waals surface area contributed by atoms with E-state index in [-0.39, 0.29) is 16.8 Å². The average Bonchev–Trinajstić information content (AvgIpc) is 2.29. The molecule has 0 amide bonds. The van der Waals surface area contributed by atoms with Gasteiger partial charge in [0.2, 0.25) is 0 Å². The zero-order chi connectivity index (χ0) is 12.7. The summed E-state index contributed by atoms with van der Waals surface area (Å²) in [4.78, 5) is 29.3. The largest absolute Gasteiger partial charge is 0.465 e. The van der Waals surface area contributed by atoms with Crippen molar-refractivity contribution in [1.82, 2.24) is 9.97 Å².